The number of aliphatic hydroxyl groups is 1. The maximum Gasteiger partial charge on any atom is 0.225 e. The van der Waals surface area contributed by atoms with E-state index in [9.17, 15) is 9.90 Å². The first kappa shape index (κ1) is 18.9. The molecule has 1 aromatic carbocycles. The lowest BCUT2D eigenvalue weighted by molar-refractivity contribution is -0.132. The molecule has 0 saturated carbocycles. The van der Waals surface area contributed by atoms with E-state index in [-0.39, 0.29) is 30.0 Å². The molecule has 0 radical (unpaired) electrons. The predicted octanol–water partition coefficient (Wildman–Crippen LogP) is 1.97. The number of carbonyl (C=O) groups is 1. The number of carbonyl (C=O) groups excluding carboxylic acids is 1. The summed E-state index contributed by atoms with van der Waals surface area (Å²) in [5, 5.41) is 13.4. The minimum absolute atomic E-state index is 0.0790. The highest BCUT2D eigenvalue weighted by Gasteiger charge is 2.36. The highest BCUT2D eigenvalue weighted by atomic mass is 16.5. The van der Waals surface area contributed by atoms with Crippen LogP contribution in [-0.4, -0.2) is 54.8 Å². The lowest BCUT2D eigenvalue weighted by Gasteiger charge is -2.32. The summed E-state index contributed by atoms with van der Waals surface area (Å²) in [6.07, 6.45) is 1.32. The van der Waals surface area contributed by atoms with Crippen molar-refractivity contribution in [3.05, 3.63) is 35.9 Å². The Hall–Kier alpha value is -1.43. The van der Waals surface area contributed by atoms with E-state index >= 15 is 0 Å². The molecule has 1 heterocycles. The summed E-state index contributed by atoms with van der Waals surface area (Å²) in [4.78, 5) is 14.9. The molecule has 1 aromatic rings. The maximum atomic E-state index is 12.6. The first-order valence-corrected chi connectivity index (χ1v) is 8.72. The third-order valence-corrected chi connectivity index (χ3v) is 5.12. The molecule has 5 nitrogen and oxygen atoms in total. The quantitative estimate of drug-likeness (QED) is 0.800. The van der Waals surface area contributed by atoms with E-state index in [0.717, 1.165) is 24.9 Å². The molecule has 0 aliphatic carbocycles. The van der Waals surface area contributed by atoms with Crippen LogP contribution in [0.5, 0.6) is 0 Å². The third kappa shape index (κ3) is 4.35. The van der Waals surface area contributed by atoms with Gasteiger partial charge in [0, 0.05) is 13.2 Å². The molecule has 2 N–H and O–H groups in total. The molecular weight excluding hydrogens is 304 g/mol. The van der Waals surface area contributed by atoms with Crippen LogP contribution in [0.15, 0.2) is 30.3 Å². The van der Waals surface area contributed by atoms with E-state index in [1.807, 2.05) is 44.2 Å². The normalized spacial score (nSPS) is 23.5. The number of nitrogens with zero attached hydrogens (tertiary/aromatic N) is 1. The fraction of sp³-hybridized carbons (Fsp3) is 0.632. The van der Waals surface area contributed by atoms with Crippen molar-refractivity contribution in [2.75, 3.05) is 20.7 Å². The van der Waals surface area contributed by atoms with Gasteiger partial charge in [0.2, 0.25) is 5.91 Å². The van der Waals surface area contributed by atoms with Gasteiger partial charge in [-0.2, -0.15) is 0 Å². The highest BCUT2D eigenvalue weighted by molar-refractivity contribution is 5.79. The second-order valence-electron chi connectivity index (χ2n) is 6.83. The number of nitrogens with one attached hydrogen (secondary N) is 1. The van der Waals surface area contributed by atoms with Gasteiger partial charge in [0.15, 0.2) is 0 Å². The van der Waals surface area contributed by atoms with Crippen LogP contribution in [-0.2, 0) is 9.53 Å². The van der Waals surface area contributed by atoms with Gasteiger partial charge < -0.3 is 20.1 Å². The Morgan fingerprint density at radius 3 is 2.54 bits per heavy atom. The van der Waals surface area contributed by atoms with Crippen molar-refractivity contribution in [2.24, 2.45) is 5.92 Å². The van der Waals surface area contributed by atoms with E-state index in [4.69, 9.17) is 4.74 Å². The third-order valence-electron chi connectivity index (χ3n) is 5.12. The maximum absolute atomic E-state index is 12.6. The van der Waals surface area contributed by atoms with Crippen LogP contribution in [0, 0.1) is 5.92 Å². The zero-order valence-corrected chi connectivity index (χ0v) is 15.1. The summed E-state index contributed by atoms with van der Waals surface area (Å²) < 4.78 is 5.65. The summed E-state index contributed by atoms with van der Waals surface area (Å²) in [6.45, 7) is 4.77. The van der Waals surface area contributed by atoms with Crippen molar-refractivity contribution >= 4 is 5.91 Å². The first-order valence-electron chi connectivity index (χ1n) is 8.72. The zero-order valence-electron chi connectivity index (χ0n) is 15.1. The highest BCUT2D eigenvalue weighted by Crippen LogP contribution is 2.25. The fourth-order valence-electron chi connectivity index (χ4n) is 3.57. The van der Waals surface area contributed by atoms with Crippen molar-refractivity contribution < 1.29 is 14.6 Å². The number of amides is 1. The number of aliphatic hydroxyl groups excluding tert-OH is 1. The van der Waals surface area contributed by atoms with Gasteiger partial charge in [-0.1, -0.05) is 37.3 Å². The average molecular weight is 334 g/mol. The molecule has 0 aromatic heterocycles. The molecule has 0 spiro atoms. The van der Waals surface area contributed by atoms with Crippen LogP contribution < -0.4 is 5.32 Å². The number of likely N-dealkylation sites (N-methyl/N-ethyl adjacent to an activating group) is 1. The molecule has 1 aliphatic rings. The largest absolute Gasteiger partial charge is 0.386 e. The van der Waals surface area contributed by atoms with Gasteiger partial charge in [-0.15, -0.1) is 0 Å². The molecule has 2 rings (SSSR count). The van der Waals surface area contributed by atoms with Crippen molar-refractivity contribution in [3.63, 3.8) is 0 Å². The monoisotopic (exact) mass is 334 g/mol. The van der Waals surface area contributed by atoms with E-state index < -0.39 is 6.10 Å². The van der Waals surface area contributed by atoms with Crippen molar-refractivity contribution in [1.29, 1.82) is 0 Å². The SMILES string of the molecule is CO[C@H]([C@@H](C)C(=O)N[C@H](C)[C@@H](O)c1ccccc1)[C@@H]1CCCN1C. The number of benzene rings is 1. The van der Waals surface area contributed by atoms with Gasteiger partial charge in [-0.05, 0) is 38.9 Å². The topological polar surface area (TPSA) is 61.8 Å². The van der Waals surface area contributed by atoms with E-state index in [2.05, 4.69) is 17.3 Å². The number of hydrogen-bond acceptors (Lipinski definition) is 4. The van der Waals surface area contributed by atoms with Crippen LogP contribution in [0.25, 0.3) is 0 Å². The molecule has 134 valence electrons. The summed E-state index contributed by atoms with van der Waals surface area (Å²) >= 11 is 0. The predicted molar refractivity (Wildman–Crippen MR) is 94.6 cm³/mol. The molecule has 24 heavy (non-hydrogen) atoms. The number of ether oxygens (including phenoxy) is 1. The number of rotatable bonds is 7. The Labute approximate surface area is 145 Å². The van der Waals surface area contributed by atoms with Gasteiger partial charge in [0.25, 0.3) is 0 Å². The summed E-state index contributed by atoms with van der Waals surface area (Å²) in [6, 6.07) is 9.30. The molecule has 5 heteroatoms. The van der Waals surface area contributed by atoms with Crippen LogP contribution in [0.3, 0.4) is 0 Å². The van der Waals surface area contributed by atoms with Gasteiger partial charge in [-0.25, -0.2) is 0 Å². The van der Waals surface area contributed by atoms with Gasteiger partial charge in [0.1, 0.15) is 0 Å². The second-order valence-corrected chi connectivity index (χ2v) is 6.83. The summed E-state index contributed by atoms with van der Waals surface area (Å²) in [7, 11) is 3.75. The Bertz CT molecular complexity index is 523. The van der Waals surface area contributed by atoms with E-state index in [0.29, 0.717) is 0 Å². The molecule has 1 amide bonds. The van der Waals surface area contributed by atoms with Gasteiger partial charge in [0.05, 0.1) is 24.2 Å². The zero-order chi connectivity index (χ0) is 17.7. The van der Waals surface area contributed by atoms with Crippen molar-refractivity contribution in [1.82, 2.24) is 10.2 Å². The van der Waals surface area contributed by atoms with Crippen LogP contribution in [0.4, 0.5) is 0 Å². The minimum atomic E-state index is -0.725. The molecule has 1 aliphatic heterocycles. The number of likely N-dealkylation sites (tertiary alicyclic amines) is 1. The minimum Gasteiger partial charge on any atom is -0.386 e. The van der Waals surface area contributed by atoms with Crippen molar-refractivity contribution in [3.8, 4) is 0 Å². The molecule has 1 saturated heterocycles. The van der Waals surface area contributed by atoms with E-state index in [1.54, 1.807) is 7.11 Å². The molecule has 0 bridgehead atoms. The molecule has 5 atom stereocenters. The van der Waals surface area contributed by atoms with Crippen LogP contribution in [0.2, 0.25) is 0 Å². The van der Waals surface area contributed by atoms with Crippen LogP contribution >= 0.6 is 0 Å². The number of hydrogen-bond donors (Lipinski definition) is 2. The Morgan fingerprint density at radius 2 is 2.00 bits per heavy atom. The lowest BCUT2D eigenvalue weighted by atomic mass is 9.94. The molecular formula is C19H30N2O3. The molecule has 0 unspecified atom stereocenters. The van der Waals surface area contributed by atoms with E-state index in [1.165, 1.54) is 0 Å². The Balaban J connectivity index is 1.97. The number of methoxy groups -OCH3 is 1. The fourth-order valence-corrected chi connectivity index (χ4v) is 3.57. The van der Waals surface area contributed by atoms with Crippen LogP contribution in [0.1, 0.15) is 38.4 Å². The van der Waals surface area contributed by atoms with Crippen molar-refractivity contribution in [2.45, 2.75) is 51.0 Å². The summed E-state index contributed by atoms with van der Waals surface area (Å²) in [5.41, 5.74) is 0.803. The van der Waals surface area contributed by atoms with Gasteiger partial charge >= 0.3 is 0 Å². The standard InChI is InChI=1S/C19H30N2O3/c1-13(18(24-4)16-11-8-12-21(16)3)19(23)20-14(2)17(22)15-9-6-5-7-10-15/h5-7,9-10,13-14,16-18,22H,8,11-12H2,1-4H3,(H,20,23)/t13-,14-,16+,17-,18-/m1/s1. The lowest BCUT2D eigenvalue weighted by Crippen LogP contribution is -2.49. The average Bonchev–Trinajstić information content (AvgIpc) is 3.01. The second kappa shape index (κ2) is 8.60. The Morgan fingerprint density at radius 1 is 1.33 bits per heavy atom. The smallest absolute Gasteiger partial charge is 0.225 e. The molecule has 1 fully saturated rings. The van der Waals surface area contributed by atoms with Gasteiger partial charge in [-0.3, -0.25) is 4.79 Å². The Kier molecular flexibility index (Phi) is 6.78. The first-order chi connectivity index (χ1) is 11.5. The summed E-state index contributed by atoms with van der Waals surface area (Å²) in [5.74, 6) is -0.351.